The Labute approximate surface area is 159 Å². The number of nitrogens with zero attached hydrogens (tertiary/aromatic N) is 1. The second-order valence-corrected chi connectivity index (χ2v) is 7.58. The molecule has 0 radical (unpaired) electrons. The van der Waals surface area contributed by atoms with Gasteiger partial charge in [0.2, 0.25) is 10.0 Å². The number of esters is 1. The molecule has 0 heterocycles. The summed E-state index contributed by atoms with van der Waals surface area (Å²) in [4.78, 5) is 24.0. The first-order valence-corrected chi connectivity index (χ1v) is 9.87. The lowest BCUT2D eigenvalue weighted by molar-refractivity contribution is 0.0600. The van der Waals surface area contributed by atoms with Gasteiger partial charge >= 0.3 is 5.97 Å². The fourth-order valence-corrected chi connectivity index (χ4v) is 4.03. The summed E-state index contributed by atoms with van der Waals surface area (Å²) in [5, 5.41) is 2.68. The summed E-state index contributed by atoms with van der Waals surface area (Å²) < 4.78 is 31.2. The molecule has 0 bridgehead atoms. The zero-order valence-corrected chi connectivity index (χ0v) is 16.2. The summed E-state index contributed by atoms with van der Waals surface area (Å²) in [6, 6.07) is 12.1. The van der Waals surface area contributed by atoms with Crippen molar-refractivity contribution in [1.82, 2.24) is 4.31 Å². The largest absolute Gasteiger partial charge is 0.465 e. The zero-order chi connectivity index (χ0) is 20.0. The Morgan fingerprint density at radius 2 is 1.63 bits per heavy atom. The number of hydrogen-bond donors (Lipinski definition) is 1. The van der Waals surface area contributed by atoms with E-state index >= 15 is 0 Å². The third kappa shape index (κ3) is 4.72. The minimum atomic E-state index is -3.65. The molecule has 2 aromatic rings. The molecule has 0 aromatic heterocycles. The van der Waals surface area contributed by atoms with E-state index in [1.165, 1.54) is 41.7 Å². The van der Waals surface area contributed by atoms with Gasteiger partial charge in [-0.15, -0.1) is 0 Å². The maximum atomic E-state index is 12.6. The van der Waals surface area contributed by atoms with Crippen LogP contribution in [0.1, 0.15) is 34.6 Å². The molecule has 0 fully saturated rings. The quantitative estimate of drug-likeness (QED) is 0.734. The molecule has 2 rings (SSSR count). The number of amides is 1. The van der Waals surface area contributed by atoms with E-state index in [4.69, 9.17) is 0 Å². The number of sulfonamides is 1. The molecule has 0 aliphatic rings. The number of hydrogen-bond acceptors (Lipinski definition) is 5. The van der Waals surface area contributed by atoms with Crippen molar-refractivity contribution >= 4 is 27.6 Å². The summed E-state index contributed by atoms with van der Waals surface area (Å²) in [7, 11) is -2.36. The molecule has 27 heavy (non-hydrogen) atoms. The van der Waals surface area contributed by atoms with Crippen LogP contribution in [-0.4, -0.2) is 44.8 Å². The van der Waals surface area contributed by atoms with Crippen molar-refractivity contribution in [2.24, 2.45) is 0 Å². The molecule has 0 aliphatic carbocycles. The van der Waals surface area contributed by atoms with E-state index in [-0.39, 0.29) is 10.5 Å². The molecular weight excluding hydrogens is 368 g/mol. The fraction of sp³-hybridized carbons (Fsp3) is 0.263. The first-order valence-electron chi connectivity index (χ1n) is 8.43. The lowest BCUT2D eigenvalue weighted by Gasteiger charge is -2.18. The molecule has 2 aromatic carbocycles. The summed E-state index contributed by atoms with van der Waals surface area (Å²) in [5.41, 5.74) is 1.06. The van der Waals surface area contributed by atoms with Gasteiger partial charge in [0.1, 0.15) is 0 Å². The van der Waals surface area contributed by atoms with Gasteiger partial charge in [0, 0.05) is 24.3 Å². The van der Waals surface area contributed by atoms with Crippen molar-refractivity contribution in [3.05, 3.63) is 59.7 Å². The minimum Gasteiger partial charge on any atom is -0.465 e. The van der Waals surface area contributed by atoms with Gasteiger partial charge in [0.05, 0.1) is 17.6 Å². The zero-order valence-electron chi connectivity index (χ0n) is 15.4. The van der Waals surface area contributed by atoms with Crippen LogP contribution < -0.4 is 5.32 Å². The van der Waals surface area contributed by atoms with E-state index in [9.17, 15) is 18.0 Å². The van der Waals surface area contributed by atoms with Gasteiger partial charge < -0.3 is 10.1 Å². The van der Waals surface area contributed by atoms with Crippen LogP contribution in [0.15, 0.2) is 53.4 Å². The van der Waals surface area contributed by atoms with Gasteiger partial charge in [-0.25, -0.2) is 13.2 Å². The summed E-state index contributed by atoms with van der Waals surface area (Å²) in [5.74, 6) is -0.917. The van der Waals surface area contributed by atoms with Gasteiger partial charge in [0.25, 0.3) is 5.91 Å². The fourth-order valence-electron chi connectivity index (χ4n) is 2.52. The van der Waals surface area contributed by atoms with Crippen molar-refractivity contribution in [3.8, 4) is 0 Å². The van der Waals surface area contributed by atoms with Crippen molar-refractivity contribution in [3.63, 3.8) is 0 Å². The highest BCUT2D eigenvalue weighted by Crippen LogP contribution is 2.18. The Hall–Kier alpha value is -2.71. The number of ether oxygens (including phenoxy) is 1. The van der Waals surface area contributed by atoms with E-state index in [1.807, 2.05) is 0 Å². The van der Waals surface area contributed by atoms with E-state index in [0.29, 0.717) is 24.3 Å². The van der Waals surface area contributed by atoms with Gasteiger partial charge in [0.15, 0.2) is 0 Å². The first kappa shape index (κ1) is 20.6. The SMILES string of the molecule is CCN(CC)S(=O)(=O)c1cccc(C(=O)Nc2ccc(C(=O)OC)cc2)c1. The van der Waals surface area contributed by atoms with Crippen LogP contribution in [-0.2, 0) is 14.8 Å². The molecule has 0 unspecified atom stereocenters. The number of nitrogens with one attached hydrogen (secondary N) is 1. The van der Waals surface area contributed by atoms with Gasteiger partial charge in [-0.05, 0) is 42.5 Å². The smallest absolute Gasteiger partial charge is 0.337 e. The van der Waals surface area contributed by atoms with Crippen LogP contribution in [0.4, 0.5) is 5.69 Å². The number of anilines is 1. The van der Waals surface area contributed by atoms with Crippen molar-refractivity contribution in [2.45, 2.75) is 18.7 Å². The van der Waals surface area contributed by atoms with Gasteiger partial charge in [-0.1, -0.05) is 19.9 Å². The number of carbonyl (C=O) groups excluding carboxylic acids is 2. The van der Waals surface area contributed by atoms with Crippen molar-refractivity contribution < 1.29 is 22.7 Å². The molecule has 0 saturated heterocycles. The third-order valence-electron chi connectivity index (χ3n) is 4.00. The number of carbonyl (C=O) groups is 2. The van der Waals surface area contributed by atoms with E-state index < -0.39 is 21.9 Å². The highest BCUT2D eigenvalue weighted by atomic mass is 32.2. The molecule has 0 aliphatic heterocycles. The van der Waals surface area contributed by atoms with E-state index in [2.05, 4.69) is 10.1 Å². The molecule has 0 spiro atoms. The summed E-state index contributed by atoms with van der Waals surface area (Å²) in [6.45, 7) is 4.22. The minimum absolute atomic E-state index is 0.0693. The lowest BCUT2D eigenvalue weighted by atomic mass is 10.2. The molecule has 7 nitrogen and oxygen atoms in total. The Balaban J connectivity index is 2.21. The normalized spacial score (nSPS) is 11.3. The highest BCUT2D eigenvalue weighted by molar-refractivity contribution is 7.89. The molecular formula is C19H22N2O5S. The maximum Gasteiger partial charge on any atom is 0.337 e. The Kier molecular flexibility index (Phi) is 6.70. The van der Waals surface area contributed by atoms with Crippen LogP contribution >= 0.6 is 0 Å². The van der Waals surface area contributed by atoms with E-state index in [0.717, 1.165) is 0 Å². The highest BCUT2D eigenvalue weighted by Gasteiger charge is 2.22. The van der Waals surface area contributed by atoms with Crippen LogP contribution in [0, 0.1) is 0 Å². The Morgan fingerprint density at radius 1 is 1.00 bits per heavy atom. The average molecular weight is 390 g/mol. The molecule has 8 heteroatoms. The van der Waals surface area contributed by atoms with Crippen LogP contribution in [0.2, 0.25) is 0 Å². The summed E-state index contributed by atoms with van der Waals surface area (Å²) >= 11 is 0. The number of benzene rings is 2. The first-order chi connectivity index (χ1) is 12.8. The van der Waals surface area contributed by atoms with Crippen molar-refractivity contribution in [2.75, 3.05) is 25.5 Å². The predicted molar refractivity (Wildman–Crippen MR) is 102 cm³/mol. The number of rotatable bonds is 7. The molecule has 0 saturated carbocycles. The Morgan fingerprint density at radius 3 is 2.19 bits per heavy atom. The summed E-state index contributed by atoms with van der Waals surface area (Å²) in [6.07, 6.45) is 0. The average Bonchev–Trinajstić information content (AvgIpc) is 2.68. The third-order valence-corrected chi connectivity index (χ3v) is 6.05. The topological polar surface area (TPSA) is 92.8 Å². The molecule has 144 valence electrons. The molecule has 1 N–H and O–H groups in total. The van der Waals surface area contributed by atoms with E-state index in [1.54, 1.807) is 32.0 Å². The lowest BCUT2D eigenvalue weighted by Crippen LogP contribution is -2.30. The van der Waals surface area contributed by atoms with Crippen LogP contribution in [0.25, 0.3) is 0 Å². The molecule has 0 atom stereocenters. The van der Waals surface area contributed by atoms with Crippen LogP contribution in [0.3, 0.4) is 0 Å². The monoisotopic (exact) mass is 390 g/mol. The standard InChI is InChI=1S/C19H22N2O5S/c1-4-21(5-2)27(24,25)17-8-6-7-15(13-17)18(22)20-16-11-9-14(10-12-16)19(23)26-3/h6-13H,4-5H2,1-3H3,(H,20,22). The van der Waals surface area contributed by atoms with Gasteiger partial charge in [-0.2, -0.15) is 4.31 Å². The second-order valence-electron chi connectivity index (χ2n) is 5.64. The maximum absolute atomic E-state index is 12.6. The number of methoxy groups -OCH3 is 1. The van der Waals surface area contributed by atoms with Crippen molar-refractivity contribution in [1.29, 1.82) is 0 Å². The predicted octanol–water partition coefficient (Wildman–Crippen LogP) is 2.76. The Bertz CT molecular complexity index is 919. The van der Waals surface area contributed by atoms with Crippen LogP contribution in [0.5, 0.6) is 0 Å². The second kappa shape index (κ2) is 8.79. The molecule has 1 amide bonds. The van der Waals surface area contributed by atoms with Gasteiger partial charge in [-0.3, -0.25) is 4.79 Å².